The minimum atomic E-state index is -0.354. The van der Waals surface area contributed by atoms with Crippen LogP contribution in [0.15, 0.2) is 12.4 Å². The molecule has 1 aliphatic carbocycles. The van der Waals surface area contributed by atoms with Crippen molar-refractivity contribution in [2.45, 2.75) is 45.1 Å². The first kappa shape index (κ1) is 15.6. The van der Waals surface area contributed by atoms with Gasteiger partial charge in [0.05, 0.1) is 19.3 Å². The molecule has 3 heterocycles. The monoisotopic (exact) mass is 327 g/mol. The molecule has 6 heteroatoms. The topological polar surface area (TPSA) is 56.1 Å². The number of hydrogen-bond donors (Lipinski definition) is 0. The van der Waals surface area contributed by atoms with Gasteiger partial charge in [0.2, 0.25) is 0 Å². The lowest BCUT2D eigenvalue weighted by Gasteiger charge is -2.41. The molecule has 2 aromatic rings. The number of ether oxygens (including phenoxy) is 1. The quantitative estimate of drug-likeness (QED) is 0.846. The van der Waals surface area contributed by atoms with Crippen molar-refractivity contribution >= 4 is 5.82 Å². The van der Waals surface area contributed by atoms with Crippen molar-refractivity contribution in [2.75, 3.05) is 24.6 Å². The number of fused-ring (bicyclic) bond motifs is 1. The van der Waals surface area contributed by atoms with Gasteiger partial charge in [-0.15, -0.1) is 0 Å². The molecule has 0 bridgehead atoms. The maximum atomic E-state index is 6.15. The molecule has 1 saturated heterocycles. The molecular weight excluding hydrogens is 302 g/mol. The number of nitrogens with zero attached hydrogens (tertiary/aromatic N) is 5. The lowest BCUT2D eigenvalue weighted by molar-refractivity contribution is -0.0469. The Kier molecular flexibility index (Phi) is 3.79. The average molecular weight is 327 g/mol. The summed E-state index contributed by atoms with van der Waals surface area (Å²) in [7, 11) is 1.94. The van der Waals surface area contributed by atoms with E-state index in [2.05, 4.69) is 21.9 Å². The first-order valence-corrected chi connectivity index (χ1v) is 8.79. The summed E-state index contributed by atoms with van der Waals surface area (Å²) in [6.07, 6.45) is 8.59. The lowest BCUT2D eigenvalue weighted by Crippen LogP contribution is -2.49. The molecule has 4 rings (SSSR count). The molecule has 128 valence electrons. The van der Waals surface area contributed by atoms with E-state index in [9.17, 15) is 0 Å². The van der Waals surface area contributed by atoms with E-state index in [1.165, 1.54) is 24.1 Å². The van der Waals surface area contributed by atoms with Crippen LogP contribution in [0.1, 0.15) is 42.4 Å². The van der Waals surface area contributed by atoms with E-state index in [0.717, 1.165) is 43.1 Å². The molecule has 2 aliphatic rings. The highest BCUT2D eigenvalue weighted by Gasteiger charge is 2.36. The van der Waals surface area contributed by atoms with E-state index in [4.69, 9.17) is 9.72 Å². The van der Waals surface area contributed by atoms with Gasteiger partial charge < -0.3 is 9.64 Å². The van der Waals surface area contributed by atoms with Crippen LogP contribution in [0, 0.1) is 6.92 Å². The first-order chi connectivity index (χ1) is 11.5. The summed E-state index contributed by atoms with van der Waals surface area (Å²) in [5.41, 5.74) is 3.36. The van der Waals surface area contributed by atoms with Gasteiger partial charge >= 0.3 is 0 Å². The second kappa shape index (κ2) is 5.84. The Bertz CT molecular complexity index is 756. The number of anilines is 1. The third-order valence-electron chi connectivity index (χ3n) is 5.16. The van der Waals surface area contributed by atoms with Crippen LogP contribution < -0.4 is 4.90 Å². The zero-order valence-electron chi connectivity index (χ0n) is 14.7. The molecule has 2 aromatic heterocycles. The minimum Gasteiger partial charge on any atom is -0.367 e. The van der Waals surface area contributed by atoms with Crippen molar-refractivity contribution in [3.63, 3.8) is 0 Å². The van der Waals surface area contributed by atoms with Gasteiger partial charge in [0.25, 0.3) is 0 Å². The van der Waals surface area contributed by atoms with Crippen molar-refractivity contribution in [3.05, 3.63) is 35.0 Å². The Balaban J connectivity index is 1.69. The van der Waals surface area contributed by atoms with Crippen molar-refractivity contribution < 1.29 is 4.74 Å². The predicted octanol–water partition coefficient (Wildman–Crippen LogP) is 2.15. The average Bonchev–Trinajstić information content (AvgIpc) is 3.01. The van der Waals surface area contributed by atoms with Crippen molar-refractivity contribution in [1.29, 1.82) is 0 Å². The highest BCUT2D eigenvalue weighted by atomic mass is 16.5. The largest absolute Gasteiger partial charge is 0.367 e. The highest BCUT2D eigenvalue weighted by molar-refractivity contribution is 5.51. The van der Waals surface area contributed by atoms with E-state index in [1.807, 2.05) is 31.0 Å². The van der Waals surface area contributed by atoms with Crippen LogP contribution in [0.4, 0.5) is 5.82 Å². The van der Waals surface area contributed by atoms with Gasteiger partial charge in [0.1, 0.15) is 17.2 Å². The molecule has 0 aromatic carbocycles. The highest BCUT2D eigenvalue weighted by Crippen LogP contribution is 2.34. The van der Waals surface area contributed by atoms with Crippen LogP contribution in [-0.4, -0.2) is 39.4 Å². The Hall–Kier alpha value is -1.95. The minimum absolute atomic E-state index is 0.354. The molecule has 1 atom stereocenters. The van der Waals surface area contributed by atoms with E-state index in [1.54, 1.807) is 0 Å². The summed E-state index contributed by atoms with van der Waals surface area (Å²) in [5.74, 6) is 2.00. The molecule has 0 saturated carbocycles. The molecule has 1 unspecified atom stereocenters. The maximum Gasteiger partial charge on any atom is 0.135 e. The molecule has 0 N–H and O–H groups in total. The summed E-state index contributed by atoms with van der Waals surface area (Å²) in [5, 5.41) is 4.31. The van der Waals surface area contributed by atoms with Gasteiger partial charge in [-0.3, -0.25) is 4.68 Å². The Labute approximate surface area is 142 Å². The van der Waals surface area contributed by atoms with Gasteiger partial charge in [-0.2, -0.15) is 5.10 Å². The third-order valence-corrected chi connectivity index (χ3v) is 5.16. The van der Waals surface area contributed by atoms with E-state index in [0.29, 0.717) is 6.61 Å². The normalized spacial score (nSPS) is 24.0. The number of hydrogen-bond acceptors (Lipinski definition) is 5. The molecule has 0 amide bonds. The fourth-order valence-electron chi connectivity index (χ4n) is 3.88. The molecule has 6 nitrogen and oxygen atoms in total. The molecule has 1 fully saturated rings. The molecule has 0 radical (unpaired) electrons. The van der Waals surface area contributed by atoms with Crippen LogP contribution in [0.3, 0.4) is 0 Å². The smallest absolute Gasteiger partial charge is 0.135 e. The molecular formula is C18H25N5O. The predicted molar refractivity (Wildman–Crippen MR) is 92.1 cm³/mol. The van der Waals surface area contributed by atoms with Gasteiger partial charge in [0.15, 0.2) is 0 Å². The SMILES string of the molecule is Cc1nc2c(c(N3CCOC(C)(c4cnn(C)c4)C3)n1)CCCC2. The second-order valence-corrected chi connectivity index (χ2v) is 7.13. The Morgan fingerprint density at radius 2 is 2.04 bits per heavy atom. The van der Waals surface area contributed by atoms with E-state index >= 15 is 0 Å². The van der Waals surface area contributed by atoms with Crippen LogP contribution in [0.2, 0.25) is 0 Å². The summed E-state index contributed by atoms with van der Waals surface area (Å²) in [6.45, 7) is 6.51. The number of aromatic nitrogens is 4. The molecule has 24 heavy (non-hydrogen) atoms. The first-order valence-electron chi connectivity index (χ1n) is 8.79. The van der Waals surface area contributed by atoms with Crippen molar-refractivity contribution in [1.82, 2.24) is 19.7 Å². The maximum absolute atomic E-state index is 6.15. The zero-order chi connectivity index (χ0) is 16.7. The summed E-state index contributed by atoms with van der Waals surface area (Å²) < 4.78 is 7.99. The van der Waals surface area contributed by atoms with E-state index < -0.39 is 0 Å². The Morgan fingerprint density at radius 3 is 2.83 bits per heavy atom. The van der Waals surface area contributed by atoms with Gasteiger partial charge in [-0.1, -0.05) is 0 Å². The van der Waals surface area contributed by atoms with Crippen LogP contribution >= 0.6 is 0 Å². The summed E-state index contributed by atoms with van der Waals surface area (Å²) in [4.78, 5) is 11.9. The number of aryl methyl sites for hydroxylation is 3. The molecule has 1 aliphatic heterocycles. The number of rotatable bonds is 2. The van der Waals surface area contributed by atoms with E-state index in [-0.39, 0.29) is 5.60 Å². The van der Waals surface area contributed by atoms with Gasteiger partial charge in [-0.05, 0) is 39.5 Å². The summed E-state index contributed by atoms with van der Waals surface area (Å²) >= 11 is 0. The van der Waals surface area contributed by atoms with Gasteiger partial charge in [-0.25, -0.2) is 9.97 Å². The third kappa shape index (κ3) is 2.69. The lowest BCUT2D eigenvalue weighted by atomic mass is 9.94. The van der Waals surface area contributed by atoms with Gasteiger partial charge in [0, 0.05) is 36.6 Å². The fourth-order valence-corrected chi connectivity index (χ4v) is 3.88. The van der Waals surface area contributed by atoms with Crippen molar-refractivity contribution in [3.8, 4) is 0 Å². The Morgan fingerprint density at radius 1 is 1.21 bits per heavy atom. The second-order valence-electron chi connectivity index (χ2n) is 7.13. The van der Waals surface area contributed by atoms with Crippen molar-refractivity contribution in [2.24, 2.45) is 7.05 Å². The van der Waals surface area contributed by atoms with Crippen LogP contribution in [-0.2, 0) is 30.2 Å². The zero-order valence-corrected chi connectivity index (χ0v) is 14.7. The number of morpholine rings is 1. The molecule has 0 spiro atoms. The summed E-state index contributed by atoms with van der Waals surface area (Å²) in [6, 6.07) is 0. The van der Waals surface area contributed by atoms with Crippen LogP contribution in [0.25, 0.3) is 0 Å². The van der Waals surface area contributed by atoms with Crippen LogP contribution in [0.5, 0.6) is 0 Å². The standard InChI is InChI=1S/C18H25N5O/c1-13-20-16-7-5-4-6-15(16)17(21-13)23-8-9-24-18(2,12-23)14-10-19-22(3)11-14/h10-11H,4-9,12H2,1-3H3. The fraction of sp³-hybridized carbons (Fsp3) is 0.611.